The van der Waals surface area contributed by atoms with Crippen LogP contribution >= 0.6 is 11.5 Å². The first-order valence-electron chi connectivity index (χ1n) is 6.48. The second-order valence-electron chi connectivity index (χ2n) is 5.73. The second kappa shape index (κ2) is 5.80. The number of nitrogens with zero attached hydrogens (tertiary/aromatic N) is 3. The fourth-order valence-corrected chi connectivity index (χ4v) is 2.30. The zero-order chi connectivity index (χ0) is 17.4. The van der Waals surface area contributed by atoms with E-state index in [0.29, 0.717) is 11.5 Å². The number of alkyl halides is 3. The van der Waals surface area contributed by atoms with E-state index in [2.05, 4.69) is 19.7 Å². The van der Waals surface area contributed by atoms with Crippen LogP contribution in [0.1, 0.15) is 32.2 Å². The number of halogens is 3. The third-order valence-corrected chi connectivity index (χ3v) is 3.52. The topological polar surface area (TPSA) is 92.7 Å². The lowest BCUT2D eigenvalue weighted by atomic mass is 10.1. The van der Waals surface area contributed by atoms with Crippen molar-refractivity contribution < 1.29 is 13.2 Å². The van der Waals surface area contributed by atoms with Crippen LogP contribution in [0.3, 0.4) is 0 Å². The largest absolute Gasteiger partial charge is 0.452 e. The van der Waals surface area contributed by atoms with Crippen molar-refractivity contribution in [3.63, 3.8) is 0 Å². The van der Waals surface area contributed by atoms with E-state index in [9.17, 15) is 22.8 Å². The van der Waals surface area contributed by atoms with Gasteiger partial charge in [0.1, 0.15) is 0 Å². The van der Waals surface area contributed by atoms with Gasteiger partial charge in [-0.3, -0.25) is 14.3 Å². The van der Waals surface area contributed by atoms with E-state index < -0.39 is 28.8 Å². The summed E-state index contributed by atoms with van der Waals surface area (Å²) < 4.78 is 41.8. The predicted molar refractivity (Wildman–Crippen MR) is 78.6 cm³/mol. The van der Waals surface area contributed by atoms with Crippen LogP contribution < -0.4 is 16.6 Å². The highest BCUT2D eigenvalue weighted by atomic mass is 32.1. The first kappa shape index (κ1) is 17.2. The predicted octanol–water partition coefficient (Wildman–Crippen LogP) is 1.77. The van der Waals surface area contributed by atoms with Gasteiger partial charge in [0.15, 0.2) is 0 Å². The van der Waals surface area contributed by atoms with E-state index in [0.717, 1.165) is 0 Å². The number of hydrogen-bond donors (Lipinski definition) is 2. The number of anilines is 1. The number of rotatable bonds is 3. The minimum atomic E-state index is -4.62. The Morgan fingerprint density at radius 2 is 1.96 bits per heavy atom. The molecule has 2 N–H and O–H groups in total. The Kier molecular flexibility index (Phi) is 4.33. The number of aromatic nitrogens is 4. The third-order valence-electron chi connectivity index (χ3n) is 2.85. The van der Waals surface area contributed by atoms with Crippen LogP contribution in [0.5, 0.6) is 0 Å². The molecule has 0 radical (unpaired) electrons. The van der Waals surface area contributed by atoms with Crippen LogP contribution in [0.4, 0.5) is 18.3 Å². The average Bonchev–Trinajstić information content (AvgIpc) is 2.84. The molecule has 0 aliphatic heterocycles. The normalized spacial score (nSPS) is 12.4. The SMILES string of the molecule is CC(C)(C)n1cc(CNc2nc(C(F)(F)F)ns2)c(=O)[nH]c1=O. The van der Waals surface area contributed by atoms with Crippen molar-refractivity contribution >= 4 is 16.7 Å². The van der Waals surface area contributed by atoms with Gasteiger partial charge in [0.05, 0.1) is 5.56 Å². The molecular formula is C12H14F3N5O2S. The molecule has 11 heteroatoms. The zero-order valence-corrected chi connectivity index (χ0v) is 13.3. The molecule has 2 heterocycles. The molecule has 2 aromatic rings. The van der Waals surface area contributed by atoms with Crippen LogP contribution in [0.25, 0.3) is 0 Å². The highest BCUT2D eigenvalue weighted by molar-refractivity contribution is 7.09. The molecule has 0 spiro atoms. The fraction of sp³-hybridized carbons (Fsp3) is 0.500. The molecular weight excluding hydrogens is 335 g/mol. The van der Waals surface area contributed by atoms with Gasteiger partial charge in [0.2, 0.25) is 11.0 Å². The number of nitrogens with one attached hydrogen (secondary N) is 2. The van der Waals surface area contributed by atoms with Gasteiger partial charge in [-0.15, -0.1) is 0 Å². The Morgan fingerprint density at radius 1 is 1.30 bits per heavy atom. The molecule has 126 valence electrons. The third kappa shape index (κ3) is 3.97. The van der Waals surface area contributed by atoms with E-state index in [1.807, 2.05) is 0 Å². The van der Waals surface area contributed by atoms with E-state index in [-0.39, 0.29) is 17.2 Å². The summed E-state index contributed by atoms with van der Waals surface area (Å²) in [4.78, 5) is 29.0. The molecule has 0 aromatic carbocycles. The zero-order valence-electron chi connectivity index (χ0n) is 12.5. The van der Waals surface area contributed by atoms with Crippen molar-refractivity contribution in [3.8, 4) is 0 Å². The highest BCUT2D eigenvalue weighted by Gasteiger charge is 2.36. The summed E-state index contributed by atoms with van der Waals surface area (Å²) >= 11 is 0.541. The number of aromatic amines is 1. The Hall–Kier alpha value is -2.17. The smallest absolute Gasteiger partial charge is 0.356 e. The standard InChI is InChI=1S/C12H14F3N5O2S/c1-11(2,3)20-5-6(7(21)17-10(20)22)4-16-9-18-8(19-23-9)12(13,14)15/h5H,4H2,1-3H3,(H,16,18,19)(H,17,21,22). The van der Waals surface area contributed by atoms with Crippen LogP contribution in [0, 0.1) is 0 Å². The molecule has 23 heavy (non-hydrogen) atoms. The maximum atomic E-state index is 12.4. The van der Waals surface area contributed by atoms with E-state index in [4.69, 9.17) is 0 Å². The molecule has 2 aromatic heterocycles. The number of H-pyrrole nitrogens is 1. The van der Waals surface area contributed by atoms with Gasteiger partial charge < -0.3 is 5.32 Å². The van der Waals surface area contributed by atoms with Crippen LogP contribution in [-0.4, -0.2) is 18.9 Å². The summed E-state index contributed by atoms with van der Waals surface area (Å²) in [6.07, 6.45) is -3.24. The molecule has 0 atom stereocenters. The average molecular weight is 349 g/mol. The van der Waals surface area contributed by atoms with Gasteiger partial charge in [0.25, 0.3) is 5.56 Å². The lowest BCUT2D eigenvalue weighted by Crippen LogP contribution is -2.40. The summed E-state index contributed by atoms with van der Waals surface area (Å²) in [7, 11) is 0. The van der Waals surface area contributed by atoms with Gasteiger partial charge >= 0.3 is 11.9 Å². The van der Waals surface area contributed by atoms with E-state index in [1.165, 1.54) is 10.8 Å². The molecule has 0 fully saturated rings. The van der Waals surface area contributed by atoms with Crippen LogP contribution in [0.15, 0.2) is 15.8 Å². The van der Waals surface area contributed by atoms with Crippen molar-refractivity contribution in [1.29, 1.82) is 0 Å². The van der Waals surface area contributed by atoms with Gasteiger partial charge in [-0.05, 0) is 20.8 Å². The quantitative estimate of drug-likeness (QED) is 0.881. The Morgan fingerprint density at radius 3 is 2.48 bits per heavy atom. The van der Waals surface area contributed by atoms with E-state index >= 15 is 0 Å². The van der Waals surface area contributed by atoms with Gasteiger partial charge in [0, 0.05) is 29.8 Å². The second-order valence-corrected chi connectivity index (χ2v) is 6.48. The minimum absolute atomic E-state index is 0.0646. The monoisotopic (exact) mass is 349 g/mol. The summed E-state index contributed by atoms with van der Waals surface area (Å²) in [5.74, 6) is -1.24. The molecule has 0 bridgehead atoms. The Bertz CT molecular complexity index is 816. The van der Waals surface area contributed by atoms with E-state index in [1.54, 1.807) is 20.8 Å². The minimum Gasteiger partial charge on any atom is -0.356 e. The molecule has 0 aliphatic rings. The Balaban J connectivity index is 2.23. The van der Waals surface area contributed by atoms with Crippen molar-refractivity contribution in [2.45, 2.75) is 39.0 Å². The van der Waals surface area contributed by atoms with Crippen molar-refractivity contribution in [1.82, 2.24) is 18.9 Å². The van der Waals surface area contributed by atoms with Crippen molar-refractivity contribution in [3.05, 3.63) is 38.4 Å². The highest BCUT2D eigenvalue weighted by Crippen LogP contribution is 2.28. The summed E-state index contributed by atoms with van der Waals surface area (Å²) in [5.41, 5.74) is -1.52. The van der Waals surface area contributed by atoms with Gasteiger partial charge in [-0.25, -0.2) is 4.79 Å². The lowest BCUT2D eigenvalue weighted by molar-refractivity contribution is -0.144. The summed E-state index contributed by atoms with van der Waals surface area (Å²) in [6.45, 7) is 5.26. The lowest BCUT2D eigenvalue weighted by Gasteiger charge is -2.22. The first-order valence-corrected chi connectivity index (χ1v) is 7.26. The van der Waals surface area contributed by atoms with Crippen molar-refractivity contribution in [2.75, 3.05) is 5.32 Å². The van der Waals surface area contributed by atoms with Gasteiger partial charge in [-0.1, -0.05) is 0 Å². The fourth-order valence-electron chi connectivity index (χ4n) is 1.72. The molecule has 7 nitrogen and oxygen atoms in total. The molecule has 0 unspecified atom stereocenters. The van der Waals surface area contributed by atoms with Crippen LogP contribution in [0.2, 0.25) is 0 Å². The van der Waals surface area contributed by atoms with Crippen LogP contribution in [-0.2, 0) is 18.3 Å². The molecule has 0 amide bonds. The van der Waals surface area contributed by atoms with Crippen molar-refractivity contribution in [2.24, 2.45) is 0 Å². The molecule has 2 rings (SSSR count). The Labute approximate surface area is 132 Å². The van der Waals surface area contributed by atoms with Gasteiger partial charge in [-0.2, -0.15) is 22.5 Å². The number of hydrogen-bond acceptors (Lipinski definition) is 6. The maximum Gasteiger partial charge on any atom is 0.452 e. The molecule has 0 aliphatic carbocycles. The summed E-state index contributed by atoms with van der Waals surface area (Å²) in [6, 6.07) is 0. The first-order chi connectivity index (χ1) is 10.5. The molecule has 0 saturated carbocycles. The molecule has 0 saturated heterocycles. The maximum absolute atomic E-state index is 12.4. The summed E-state index contributed by atoms with van der Waals surface area (Å²) in [5, 5.41) is 2.54.